The quantitative estimate of drug-likeness (QED) is 0.156. The molecule has 0 spiro atoms. The molecule has 0 aliphatic rings. The van der Waals surface area contributed by atoms with Crippen molar-refractivity contribution in [3.8, 4) is 27.9 Å². The van der Waals surface area contributed by atoms with Crippen LogP contribution < -0.4 is 4.90 Å². The molecule has 0 bridgehead atoms. The second-order valence-corrected chi connectivity index (χ2v) is 14.5. The molecule has 1 heterocycles. The number of hydrogen-bond donors (Lipinski definition) is 0. The Bertz CT molecular complexity index is 3210. The van der Waals surface area contributed by atoms with Crippen LogP contribution in [-0.4, -0.2) is 4.57 Å². The molecule has 262 valence electrons. The summed E-state index contributed by atoms with van der Waals surface area (Å²) in [6.07, 6.45) is 0. The van der Waals surface area contributed by atoms with Crippen molar-refractivity contribution in [1.29, 1.82) is 0 Å². The molecule has 0 saturated heterocycles. The van der Waals surface area contributed by atoms with E-state index in [1.54, 1.807) is 0 Å². The first-order chi connectivity index (χ1) is 27.8. The van der Waals surface area contributed by atoms with E-state index in [1.807, 2.05) is 0 Å². The highest BCUT2D eigenvalue weighted by atomic mass is 15.1. The Morgan fingerprint density at radius 2 is 0.857 bits per heavy atom. The van der Waals surface area contributed by atoms with E-state index in [9.17, 15) is 0 Å². The largest absolute Gasteiger partial charge is 0.310 e. The zero-order chi connectivity index (χ0) is 37.0. The van der Waals surface area contributed by atoms with Gasteiger partial charge in [0.15, 0.2) is 0 Å². The Hall–Kier alpha value is -7.42. The molecule has 0 fully saturated rings. The molecule has 0 atom stereocenters. The number of nitrogens with zero attached hydrogens (tertiary/aromatic N) is 2. The van der Waals surface area contributed by atoms with Gasteiger partial charge < -0.3 is 9.47 Å². The molecule has 10 aromatic carbocycles. The number of para-hydroxylation sites is 3. The number of anilines is 3. The van der Waals surface area contributed by atoms with E-state index in [1.165, 1.54) is 76.4 Å². The fraction of sp³-hybridized carbons (Fsp3) is 0. The fourth-order valence-corrected chi connectivity index (χ4v) is 8.80. The lowest BCUT2D eigenvalue weighted by molar-refractivity contribution is 1.18. The lowest BCUT2D eigenvalue weighted by atomic mass is 9.92. The number of benzene rings is 10. The van der Waals surface area contributed by atoms with Crippen molar-refractivity contribution in [3.63, 3.8) is 0 Å². The molecule has 0 N–H and O–H groups in total. The molecule has 0 radical (unpaired) electrons. The fourth-order valence-electron chi connectivity index (χ4n) is 8.80. The summed E-state index contributed by atoms with van der Waals surface area (Å²) in [5.41, 5.74) is 11.6. The van der Waals surface area contributed by atoms with E-state index in [2.05, 4.69) is 228 Å². The summed E-state index contributed by atoms with van der Waals surface area (Å²) in [5.74, 6) is 0. The Balaban J connectivity index is 1.19. The zero-order valence-corrected chi connectivity index (χ0v) is 30.7. The Labute approximate surface area is 325 Å². The molecule has 56 heavy (non-hydrogen) atoms. The van der Waals surface area contributed by atoms with Gasteiger partial charge >= 0.3 is 0 Å². The van der Waals surface area contributed by atoms with Gasteiger partial charge in [-0.05, 0) is 92.2 Å². The first kappa shape index (κ1) is 32.0. The summed E-state index contributed by atoms with van der Waals surface area (Å²) < 4.78 is 2.44. The summed E-state index contributed by atoms with van der Waals surface area (Å²) >= 11 is 0. The van der Waals surface area contributed by atoms with E-state index in [4.69, 9.17) is 0 Å². The molecule has 0 aliphatic heterocycles. The van der Waals surface area contributed by atoms with Gasteiger partial charge in [-0.15, -0.1) is 0 Å². The second kappa shape index (κ2) is 13.2. The molecule has 0 saturated carbocycles. The smallest absolute Gasteiger partial charge is 0.0546 e. The molecule has 2 nitrogen and oxygen atoms in total. The van der Waals surface area contributed by atoms with Crippen molar-refractivity contribution >= 4 is 71.2 Å². The van der Waals surface area contributed by atoms with Crippen molar-refractivity contribution in [2.75, 3.05) is 4.90 Å². The number of hydrogen-bond acceptors (Lipinski definition) is 1. The SMILES string of the molecule is c1ccc(-c2cc(N(c3ccc4ccccc4c3)c3cc4ccccc4c4ccccc34)ccc2-c2ccccc2-n2c3ccccc3c3ccccc32)cc1. The average Bonchev–Trinajstić information content (AvgIpc) is 3.61. The van der Waals surface area contributed by atoms with Crippen LogP contribution in [0.4, 0.5) is 17.1 Å². The third kappa shape index (κ3) is 5.19. The summed E-state index contributed by atoms with van der Waals surface area (Å²) in [6, 6.07) is 79.6. The minimum Gasteiger partial charge on any atom is -0.310 e. The van der Waals surface area contributed by atoms with Crippen LogP contribution in [0.2, 0.25) is 0 Å². The van der Waals surface area contributed by atoms with E-state index in [0.29, 0.717) is 0 Å². The van der Waals surface area contributed by atoms with Gasteiger partial charge in [-0.2, -0.15) is 0 Å². The van der Waals surface area contributed by atoms with Crippen LogP contribution in [0.1, 0.15) is 0 Å². The van der Waals surface area contributed by atoms with Crippen LogP contribution in [0.25, 0.3) is 82.1 Å². The van der Waals surface area contributed by atoms with Gasteiger partial charge in [-0.3, -0.25) is 0 Å². The maximum Gasteiger partial charge on any atom is 0.0546 e. The Kier molecular flexibility index (Phi) is 7.53. The molecule has 0 amide bonds. The molecule has 0 aliphatic carbocycles. The number of aromatic nitrogens is 1. The maximum absolute atomic E-state index is 2.45. The Morgan fingerprint density at radius 3 is 1.62 bits per heavy atom. The number of fused-ring (bicyclic) bond motifs is 7. The van der Waals surface area contributed by atoms with E-state index in [0.717, 1.165) is 22.7 Å². The normalized spacial score (nSPS) is 11.6. The van der Waals surface area contributed by atoms with Crippen LogP contribution in [0, 0.1) is 0 Å². The van der Waals surface area contributed by atoms with Crippen LogP contribution in [-0.2, 0) is 0 Å². The summed E-state index contributed by atoms with van der Waals surface area (Å²) in [4.78, 5) is 2.45. The first-order valence-electron chi connectivity index (χ1n) is 19.3. The second-order valence-electron chi connectivity index (χ2n) is 14.5. The maximum atomic E-state index is 2.45. The molecule has 0 unspecified atom stereocenters. The van der Waals surface area contributed by atoms with Gasteiger partial charge in [-0.1, -0.05) is 170 Å². The lowest BCUT2D eigenvalue weighted by Crippen LogP contribution is -2.11. The molecule has 2 heteroatoms. The highest BCUT2D eigenvalue weighted by Gasteiger charge is 2.22. The molecule has 11 aromatic rings. The topological polar surface area (TPSA) is 8.17 Å². The first-order valence-corrected chi connectivity index (χ1v) is 19.3. The lowest BCUT2D eigenvalue weighted by Gasteiger charge is -2.29. The number of rotatable bonds is 6. The summed E-state index contributed by atoms with van der Waals surface area (Å²) in [7, 11) is 0. The van der Waals surface area contributed by atoms with Crippen LogP contribution >= 0.6 is 0 Å². The van der Waals surface area contributed by atoms with E-state index in [-0.39, 0.29) is 0 Å². The molecule has 11 rings (SSSR count). The average molecular weight is 713 g/mol. The molecule has 1 aromatic heterocycles. The monoisotopic (exact) mass is 712 g/mol. The van der Waals surface area contributed by atoms with Gasteiger partial charge in [0, 0.05) is 33.1 Å². The zero-order valence-electron chi connectivity index (χ0n) is 30.7. The van der Waals surface area contributed by atoms with E-state index < -0.39 is 0 Å². The highest BCUT2D eigenvalue weighted by molar-refractivity contribution is 6.15. The highest BCUT2D eigenvalue weighted by Crippen LogP contribution is 2.46. The Morgan fingerprint density at radius 1 is 0.304 bits per heavy atom. The minimum atomic E-state index is 1.10. The van der Waals surface area contributed by atoms with Crippen LogP contribution in [0.3, 0.4) is 0 Å². The van der Waals surface area contributed by atoms with Gasteiger partial charge in [0.2, 0.25) is 0 Å². The van der Waals surface area contributed by atoms with Crippen LogP contribution in [0.5, 0.6) is 0 Å². The van der Waals surface area contributed by atoms with Crippen molar-refractivity contribution < 1.29 is 0 Å². The molecular weight excluding hydrogens is 677 g/mol. The van der Waals surface area contributed by atoms with Crippen molar-refractivity contribution in [3.05, 3.63) is 218 Å². The van der Waals surface area contributed by atoms with Gasteiger partial charge in [0.1, 0.15) is 0 Å². The molecular formula is C54H36N2. The van der Waals surface area contributed by atoms with Crippen molar-refractivity contribution in [2.45, 2.75) is 0 Å². The van der Waals surface area contributed by atoms with Crippen molar-refractivity contribution in [2.24, 2.45) is 0 Å². The van der Waals surface area contributed by atoms with Gasteiger partial charge in [-0.25, -0.2) is 0 Å². The predicted octanol–water partition coefficient (Wildman–Crippen LogP) is 15.0. The van der Waals surface area contributed by atoms with E-state index >= 15 is 0 Å². The predicted molar refractivity (Wildman–Crippen MR) is 239 cm³/mol. The third-order valence-corrected chi connectivity index (χ3v) is 11.3. The summed E-state index contributed by atoms with van der Waals surface area (Å²) in [6.45, 7) is 0. The summed E-state index contributed by atoms with van der Waals surface area (Å²) in [5, 5.41) is 9.86. The standard InChI is InChI=1S/C54H36N2/c1-2-17-38(18-3-1)50-36-42(32-33-45(50)46-23-10-13-27-51(46)56-52-28-14-11-25-48(52)49-26-12-15-29-53(49)56)55(41-31-30-37-16-4-5-19-39(37)34-41)54-35-40-20-6-7-21-43(40)44-22-8-9-24-47(44)54/h1-36H. The van der Waals surface area contributed by atoms with Gasteiger partial charge in [0.25, 0.3) is 0 Å². The third-order valence-electron chi connectivity index (χ3n) is 11.3. The van der Waals surface area contributed by atoms with Crippen LogP contribution in [0.15, 0.2) is 218 Å². The van der Waals surface area contributed by atoms with Crippen molar-refractivity contribution in [1.82, 2.24) is 4.57 Å². The minimum absolute atomic E-state index is 1.10. The van der Waals surface area contributed by atoms with Gasteiger partial charge in [0.05, 0.1) is 22.4 Å².